The van der Waals surface area contributed by atoms with Crippen molar-refractivity contribution in [2.45, 2.75) is 38.1 Å². The Morgan fingerprint density at radius 2 is 1.57 bits per heavy atom. The van der Waals surface area contributed by atoms with E-state index in [-0.39, 0.29) is 50.1 Å². The molecule has 14 nitrogen and oxygen atoms in total. The summed E-state index contributed by atoms with van der Waals surface area (Å²) >= 11 is 0. The van der Waals surface area contributed by atoms with Crippen molar-refractivity contribution in [1.29, 1.82) is 0 Å². The number of nitrogens with zero attached hydrogens (tertiary/aromatic N) is 2. The van der Waals surface area contributed by atoms with Crippen LogP contribution in [0.15, 0.2) is 101 Å². The highest BCUT2D eigenvalue weighted by atomic mass is 16.5. The number of hydrogen-bond acceptors (Lipinski definition) is 9. The van der Waals surface area contributed by atoms with Crippen LogP contribution >= 0.6 is 0 Å². The van der Waals surface area contributed by atoms with Crippen molar-refractivity contribution in [2.24, 2.45) is 0 Å². The minimum absolute atomic E-state index is 0.138. The normalized spacial score (nSPS) is 12.7. The zero-order chi connectivity index (χ0) is 44.6. The molecule has 0 spiro atoms. The molecule has 1 unspecified atom stereocenters. The fourth-order valence-electron chi connectivity index (χ4n) is 7.53. The van der Waals surface area contributed by atoms with Crippen molar-refractivity contribution < 1.29 is 43.0 Å². The van der Waals surface area contributed by atoms with Crippen molar-refractivity contribution >= 4 is 46.6 Å². The van der Waals surface area contributed by atoms with Gasteiger partial charge < -0.3 is 39.8 Å². The third kappa shape index (κ3) is 10.2. The van der Waals surface area contributed by atoms with E-state index in [9.17, 15) is 24.0 Å². The molecule has 324 valence electrons. The van der Waals surface area contributed by atoms with E-state index in [2.05, 4.69) is 16.0 Å². The van der Waals surface area contributed by atoms with E-state index in [0.29, 0.717) is 64.7 Å². The molecule has 3 amide bonds. The van der Waals surface area contributed by atoms with Gasteiger partial charge in [-0.25, -0.2) is 4.58 Å². The molecule has 0 bridgehead atoms. The van der Waals surface area contributed by atoms with E-state index in [1.165, 1.54) is 0 Å². The molecule has 0 fully saturated rings. The monoisotopic (exact) mass is 852 g/mol. The van der Waals surface area contributed by atoms with Gasteiger partial charge in [-0.05, 0) is 66.9 Å². The maximum atomic E-state index is 13.2. The molecule has 0 radical (unpaired) electrons. The van der Waals surface area contributed by atoms with E-state index in [4.69, 9.17) is 19.0 Å². The third-order valence-corrected chi connectivity index (χ3v) is 10.8. The van der Waals surface area contributed by atoms with E-state index < -0.39 is 12.0 Å². The fraction of sp³-hybridized carbons (Fsp3) is 0.265. The molecule has 4 aromatic carbocycles. The second kappa shape index (κ2) is 19.5. The average molecular weight is 853 g/mol. The van der Waals surface area contributed by atoms with Gasteiger partial charge in [0.05, 0.1) is 25.1 Å². The number of aliphatic carboxylic acids is 1. The van der Waals surface area contributed by atoms with Gasteiger partial charge >= 0.3 is 5.97 Å². The molecule has 0 saturated heterocycles. The lowest BCUT2D eigenvalue weighted by molar-refractivity contribution is -0.138. The molecule has 2 heterocycles. The number of carboxylic acid groups (broad SMARTS) is 1. The Balaban J connectivity index is 0.898. The van der Waals surface area contributed by atoms with Crippen molar-refractivity contribution in [1.82, 2.24) is 20.5 Å². The van der Waals surface area contributed by atoms with Gasteiger partial charge in [0.2, 0.25) is 17.2 Å². The molecule has 2 aliphatic heterocycles. The van der Waals surface area contributed by atoms with Crippen LogP contribution in [0, 0.1) is 0 Å². The highest BCUT2D eigenvalue weighted by Gasteiger charge is 2.29. The molecule has 1 atom stereocenters. The second-order valence-electron chi connectivity index (χ2n) is 15.7. The number of ether oxygens (including phenoxy) is 2. The number of fused-ring (bicyclic) bond motifs is 4. The number of nitrogens with one attached hydrogen (secondary N) is 3. The van der Waals surface area contributed by atoms with Gasteiger partial charge in [0.25, 0.3) is 5.91 Å². The summed E-state index contributed by atoms with van der Waals surface area (Å²) in [7, 11) is 7.84. The first-order valence-corrected chi connectivity index (χ1v) is 20.8. The number of carbonyl (C=O) groups is 5. The van der Waals surface area contributed by atoms with Crippen LogP contribution in [0.5, 0.6) is 17.2 Å². The predicted molar refractivity (Wildman–Crippen MR) is 240 cm³/mol. The van der Waals surface area contributed by atoms with E-state index in [0.717, 1.165) is 45.0 Å². The number of anilines is 1. The largest absolute Gasteiger partial charge is 0.493 e. The molecule has 0 aromatic heterocycles. The second-order valence-corrected chi connectivity index (χ2v) is 15.7. The van der Waals surface area contributed by atoms with Crippen molar-refractivity contribution in [3.63, 3.8) is 0 Å². The highest BCUT2D eigenvalue weighted by molar-refractivity contribution is 6.07. The SMILES string of the molecule is CN(C)c1ccc2c(-c3ccc(C(=O)NCCNC(=O)CCCCOc4ccc5c(c4)Oc4ccccc4C5NC(=O)CCC(=O)O)cc3C=O)c3ccc(=[N+](C)C)cc-3oc2c1. The van der Waals surface area contributed by atoms with Crippen LogP contribution in [0.4, 0.5) is 5.69 Å². The number of hydrogen-bond donors (Lipinski definition) is 4. The number of carboxylic acids is 1. The quantitative estimate of drug-likeness (QED) is 0.0348. The molecule has 3 aliphatic rings. The lowest BCUT2D eigenvalue weighted by Gasteiger charge is -2.29. The summed E-state index contributed by atoms with van der Waals surface area (Å²) < 4.78 is 20.5. The van der Waals surface area contributed by atoms with E-state index >= 15 is 0 Å². The summed E-state index contributed by atoms with van der Waals surface area (Å²) in [5.41, 5.74) is 6.15. The van der Waals surface area contributed by atoms with Crippen LogP contribution in [-0.2, 0) is 14.4 Å². The van der Waals surface area contributed by atoms with Gasteiger partial charge in [-0.2, -0.15) is 0 Å². The lowest BCUT2D eigenvalue weighted by atomic mass is 9.90. The van der Waals surface area contributed by atoms with Crippen LogP contribution in [0.25, 0.3) is 33.4 Å². The molecule has 14 heteroatoms. The number of carbonyl (C=O) groups excluding carboxylic acids is 4. The van der Waals surface area contributed by atoms with Crippen LogP contribution in [0.2, 0.25) is 0 Å². The van der Waals surface area contributed by atoms with Crippen LogP contribution in [0.1, 0.15) is 70.0 Å². The lowest BCUT2D eigenvalue weighted by Crippen LogP contribution is -2.34. The molecule has 4 N–H and O–H groups in total. The molecule has 7 rings (SSSR count). The van der Waals surface area contributed by atoms with E-state index in [1.807, 2.05) is 98.3 Å². The molecule has 4 aromatic rings. The standard InChI is InChI=1S/C49H49N5O9/c1-53(2)32-13-17-36-41(26-32)63-42-27-33(54(3)4)14-18-37(42)47(36)35-16-12-30(25-31(35)29-55)49(60)51-23-22-50-44(56)11-7-8-24-61-34-15-19-39-43(28-34)62-40-10-6-5-9-38(40)48(39)52-45(57)20-21-46(58)59/h5-6,9-10,12-19,25-29,48H,7-8,11,20-24H2,1-4H3,(H3-,50,51,52,56,57,58,59,60)/p+1. The van der Waals surface area contributed by atoms with Crippen LogP contribution in [-0.4, -0.2) is 83.0 Å². The summed E-state index contributed by atoms with van der Waals surface area (Å²) in [6.07, 6.45) is 1.82. The number of amides is 3. The van der Waals surface area contributed by atoms with Gasteiger partial charge in [-0.1, -0.05) is 24.3 Å². The zero-order valence-corrected chi connectivity index (χ0v) is 35.7. The van der Waals surface area contributed by atoms with Crippen LogP contribution in [0.3, 0.4) is 0 Å². The molecular formula is C49H50N5O9+. The highest BCUT2D eigenvalue weighted by Crippen LogP contribution is 2.45. The van der Waals surface area contributed by atoms with Crippen LogP contribution < -0.4 is 40.3 Å². The van der Waals surface area contributed by atoms with Gasteiger partial charge in [0.1, 0.15) is 42.7 Å². The van der Waals surface area contributed by atoms with Crippen molar-refractivity contribution in [2.75, 3.05) is 52.8 Å². The summed E-state index contributed by atoms with van der Waals surface area (Å²) in [5.74, 6) is 0.392. The van der Waals surface area contributed by atoms with Crippen molar-refractivity contribution in [3.8, 4) is 39.7 Å². The Morgan fingerprint density at radius 3 is 2.35 bits per heavy atom. The summed E-state index contributed by atoms with van der Waals surface area (Å²) in [4.78, 5) is 63.9. The Hall–Kier alpha value is -7.48. The number of unbranched alkanes of at least 4 members (excludes halogenated alkanes) is 1. The Labute approximate surface area is 364 Å². The van der Waals surface area contributed by atoms with Gasteiger partial charge in [0, 0.05) is 103 Å². The number of aldehydes is 1. The number of para-hydroxylation sites is 1. The van der Waals surface area contributed by atoms with Gasteiger partial charge in [-0.3, -0.25) is 24.0 Å². The Bertz CT molecular complexity index is 2750. The third-order valence-electron chi connectivity index (χ3n) is 10.8. The molecule has 63 heavy (non-hydrogen) atoms. The summed E-state index contributed by atoms with van der Waals surface area (Å²) in [6.45, 7) is 0.784. The van der Waals surface area contributed by atoms with Gasteiger partial charge in [-0.15, -0.1) is 0 Å². The first-order valence-electron chi connectivity index (χ1n) is 20.8. The predicted octanol–water partition coefficient (Wildman–Crippen LogP) is 6.39. The summed E-state index contributed by atoms with van der Waals surface area (Å²) in [6, 6.07) is 29.2. The first-order chi connectivity index (χ1) is 30.4. The minimum atomic E-state index is -1.04. The maximum absolute atomic E-state index is 13.2. The first kappa shape index (κ1) is 43.6. The molecule has 0 saturated carbocycles. The summed E-state index contributed by atoms with van der Waals surface area (Å²) in [5, 5.41) is 19.4. The topological polar surface area (TPSA) is 180 Å². The minimum Gasteiger partial charge on any atom is -0.493 e. The molecule has 1 aliphatic carbocycles. The zero-order valence-electron chi connectivity index (χ0n) is 35.7. The smallest absolute Gasteiger partial charge is 0.303 e. The Morgan fingerprint density at radius 1 is 0.794 bits per heavy atom. The van der Waals surface area contributed by atoms with Crippen molar-refractivity contribution in [3.05, 3.63) is 125 Å². The maximum Gasteiger partial charge on any atom is 0.303 e. The van der Waals surface area contributed by atoms with Gasteiger partial charge in [0.15, 0.2) is 6.29 Å². The average Bonchev–Trinajstić information content (AvgIpc) is 3.27. The fourth-order valence-corrected chi connectivity index (χ4v) is 7.53. The molecular weight excluding hydrogens is 803 g/mol. The van der Waals surface area contributed by atoms with E-state index in [1.54, 1.807) is 36.4 Å². The number of rotatable bonds is 17. The number of benzene rings is 5. The Kier molecular flexibility index (Phi) is 13.5.